The number of nitrogens with zero attached hydrogens (tertiary/aromatic N) is 3. The van der Waals surface area contributed by atoms with Crippen molar-refractivity contribution in [3.05, 3.63) is 0 Å². The molecule has 0 aliphatic carbocycles. The van der Waals surface area contributed by atoms with Crippen LogP contribution in [-0.2, 0) is 0 Å². The van der Waals surface area contributed by atoms with E-state index in [0.29, 0.717) is 0 Å². The van der Waals surface area contributed by atoms with Crippen LogP contribution in [0.1, 0.15) is 119 Å². The summed E-state index contributed by atoms with van der Waals surface area (Å²) in [6, 6.07) is 0. The Bertz CT molecular complexity index is 357. The van der Waals surface area contributed by atoms with E-state index in [1.54, 1.807) is 0 Å². The van der Waals surface area contributed by atoms with Crippen molar-refractivity contribution in [3.63, 3.8) is 0 Å². The predicted molar refractivity (Wildman–Crippen MR) is 151 cm³/mol. The molecule has 0 atom stereocenters. The minimum absolute atomic E-state index is 0.218. The van der Waals surface area contributed by atoms with Crippen LogP contribution in [0.3, 0.4) is 0 Å². The van der Waals surface area contributed by atoms with Crippen LogP contribution in [0.2, 0.25) is 0 Å². The lowest BCUT2D eigenvalue weighted by molar-refractivity contribution is 0.370. The second-order valence-electron chi connectivity index (χ2n) is 9.94. The van der Waals surface area contributed by atoms with E-state index in [9.17, 15) is 0 Å². The van der Waals surface area contributed by atoms with Crippen LogP contribution in [-0.4, -0.2) is 75.1 Å². The third-order valence-electron chi connectivity index (χ3n) is 6.84. The summed E-state index contributed by atoms with van der Waals surface area (Å²) in [5.74, 6) is 0. The highest BCUT2D eigenvalue weighted by Gasteiger charge is 2.43. The van der Waals surface area contributed by atoms with Gasteiger partial charge in [0.2, 0.25) is 0 Å². The van der Waals surface area contributed by atoms with E-state index in [0.717, 1.165) is 39.3 Å². The van der Waals surface area contributed by atoms with Crippen LogP contribution >= 0.6 is 0 Å². The molecule has 9 heteroatoms. The Labute approximate surface area is 209 Å². The average molecular weight is 462 g/mol. The smallest absolute Gasteiger partial charge is 0.342 e. The molecule has 1 heterocycles. The van der Waals surface area contributed by atoms with E-state index in [4.69, 9.17) is 0 Å². The van der Waals surface area contributed by atoms with Crippen molar-refractivity contribution >= 4 is 21.4 Å². The maximum absolute atomic E-state index is 3.99. The van der Waals surface area contributed by atoms with Crippen molar-refractivity contribution in [2.24, 2.45) is 0 Å². The first-order valence-electron chi connectivity index (χ1n) is 14.6. The highest BCUT2D eigenvalue weighted by Crippen LogP contribution is 2.09. The van der Waals surface area contributed by atoms with E-state index in [1.807, 2.05) is 0 Å². The number of hydrogen-bond acceptors (Lipinski definition) is 6. The molecule has 0 unspecified atom stereocenters. The summed E-state index contributed by atoms with van der Waals surface area (Å²) >= 11 is 0. The van der Waals surface area contributed by atoms with Gasteiger partial charge in [-0.1, -0.05) is 80.1 Å². The molecule has 1 aliphatic rings. The summed E-state index contributed by atoms with van der Waals surface area (Å²) in [6.07, 6.45) is 15.1. The number of rotatable bonds is 21. The molecule has 1 fully saturated rings. The molecule has 192 valence electrons. The van der Waals surface area contributed by atoms with Crippen LogP contribution in [0.4, 0.5) is 0 Å². The highest BCUT2D eigenvalue weighted by molar-refractivity contribution is 6.84. The summed E-state index contributed by atoms with van der Waals surface area (Å²) in [6.45, 7) is 20.8. The van der Waals surface area contributed by atoms with Gasteiger partial charge in [0.15, 0.2) is 0 Å². The molecule has 6 nitrogen and oxygen atoms in total. The van der Waals surface area contributed by atoms with Crippen molar-refractivity contribution < 1.29 is 0 Å². The average Bonchev–Trinajstić information content (AvgIpc) is 2.84. The Morgan fingerprint density at radius 3 is 0.697 bits per heavy atom. The molecule has 3 N–H and O–H groups in total. The van der Waals surface area contributed by atoms with Crippen LogP contribution in [0.25, 0.3) is 0 Å². The minimum atomic E-state index is 0.218. The Morgan fingerprint density at radius 1 is 0.364 bits per heavy atom. The first-order valence-corrected chi connectivity index (χ1v) is 14.6. The SMILES string of the molecule is CCCCN(CCCC)B1NB(N(CCCC)CCCC)NB(N(CCCC)CCCC)N1. The fourth-order valence-corrected chi connectivity index (χ4v) is 4.50. The van der Waals surface area contributed by atoms with Crippen molar-refractivity contribution in [1.29, 1.82) is 0 Å². The van der Waals surface area contributed by atoms with Gasteiger partial charge in [-0.25, -0.2) is 0 Å². The van der Waals surface area contributed by atoms with Crippen molar-refractivity contribution in [1.82, 2.24) is 29.8 Å². The molecule has 1 rings (SSSR count). The number of unbranched alkanes of at least 4 members (excludes halogenated alkanes) is 6. The zero-order valence-electron chi connectivity index (χ0n) is 23.3. The summed E-state index contributed by atoms with van der Waals surface area (Å²) in [7, 11) is 0.655. The predicted octanol–water partition coefficient (Wildman–Crippen LogP) is 4.43. The summed E-state index contributed by atoms with van der Waals surface area (Å²) < 4.78 is 0. The van der Waals surface area contributed by atoms with E-state index in [1.165, 1.54) is 77.0 Å². The second kappa shape index (κ2) is 20.2. The molecule has 0 saturated carbocycles. The van der Waals surface area contributed by atoms with Crippen LogP contribution in [0.5, 0.6) is 0 Å². The van der Waals surface area contributed by atoms with Crippen molar-refractivity contribution in [3.8, 4) is 0 Å². The van der Waals surface area contributed by atoms with Gasteiger partial charge in [0.05, 0.1) is 0 Å². The van der Waals surface area contributed by atoms with Crippen LogP contribution in [0.15, 0.2) is 0 Å². The Kier molecular flexibility index (Phi) is 18.9. The number of hydrogen-bond donors (Lipinski definition) is 3. The third kappa shape index (κ3) is 12.5. The Hall–Kier alpha value is -0.0452. The largest absolute Gasteiger partial charge is 0.379 e. The lowest BCUT2D eigenvalue weighted by Crippen LogP contribution is -2.85. The quantitative estimate of drug-likeness (QED) is 0.220. The molecular weight excluding hydrogens is 405 g/mol. The number of nitrogens with one attached hydrogen (secondary N) is 3. The van der Waals surface area contributed by atoms with Gasteiger partial charge < -0.3 is 29.8 Å². The molecule has 0 amide bonds. The standard InChI is InChI=1S/C24H57B3N6/c1-7-13-19-31(20-14-8-2)25-28-26(32(21-15-9-3)22-16-10-4)30-27(29-25)33(23-17-11-5)24-18-12-6/h28-30H,7-24H2,1-6H3. The third-order valence-corrected chi connectivity index (χ3v) is 6.84. The highest BCUT2D eigenvalue weighted by atomic mass is 15.3. The molecule has 33 heavy (non-hydrogen) atoms. The van der Waals surface area contributed by atoms with E-state index in [-0.39, 0.29) is 21.4 Å². The van der Waals surface area contributed by atoms with Crippen molar-refractivity contribution in [2.45, 2.75) is 119 Å². The molecule has 0 aromatic carbocycles. The van der Waals surface area contributed by atoms with Gasteiger partial charge in [-0.05, 0) is 77.8 Å². The summed E-state index contributed by atoms with van der Waals surface area (Å²) in [5.41, 5.74) is 0. The Morgan fingerprint density at radius 2 is 0.545 bits per heavy atom. The first kappa shape index (κ1) is 31.0. The molecule has 0 bridgehead atoms. The van der Waals surface area contributed by atoms with Gasteiger partial charge in [0.25, 0.3) is 0 Å². The fraction of sp³-hybridized carbons (Fsp3) is 1.00. The van der Waals surface area contributed by atoms with Gasteiger partial charge in [-0.2, -0.15) is 0 Å². The van der Waals surface area contributed by atoms with Gasteiger partial charge in [0, 0.05) is 0 Å². The maximum Gasteiger partial charge on any atom is 0.379 e. The maximum atomic E-state index is 3.99. The molecule has 1 aliphatic heterocycles. The van der Waals surface area contributed by atoms with E-state index < -0.39 is 0 Å². The zero-order valence-corrected chi connectivity index (χ0v) is 23.3. The van der Waals surface area contributed by atoms with Gasteiger partial charge in [-0.3, -0.25) is 0 Å². The topological polar surface area (TPSA) is 45.8 Å². The summed E-state index contributed by atoms with van der Waals surface area (Å²) in [4.78, 5) is 8.01. The lowest BCUT2D eigenvalue weighted by Gasteiger charge is -2.44. The van der Waals surface area contributed by atoms with E-state index in [2.05, 4.69) is 71.4 Å². The molecule has 0 aromatic rings. The molecular formula is C24H57B3N6. The van der Waals surface area contributed by atoms with Gasteiger partial charge in [0.1, 0.15) is 0 Å². The van der Waals surface area contributed by atoms with Crippen LogP contribution in [0, 0.1) is 0 Å². The molecule has 0 radical (unpaired) electrons. The molecule has 1 saturated heterocycles. The van der Waals surface area contributed by atoms with E-state index >= 15 is 0 Å². The van der Waals surface area contributed by atoms with Crippen LogP contribution < -0.4 is 15.4 Å². The second-order valence-corrected chi connectivity index (χ2v) is 9.94. The minimum Gasteiger partial charge on any atom is -0.342 e. The zero-order chi connectivity index (χ0) is 24.3. The van der Waals surface area contributed by atoms with Gasteiger partial charge in [-0.15, -0.1) is 0 Å². The first-order chi connectivity index (χ1) is 16.1. The van der Waals surface area contributed by atoms with Crippen molar-refractivity contribution in [2.75, 3.05) is 39.3 Å². The fourth-order valence-electron chi connectivity index (χ4n) is 4.50. The normalized spacial score (nSPS) is 15.0. The Balaban J connectivity index is 3.11. The molecule has 0 spiro atoms. The molecule has 0 aromatic heterocycles. The lowest BCUT2D eigenvalue weighted by atomic mass is 9.61. The monoisotopic (exact) mass is 462 g/mol. The summed E-state index contributed by atoms with van der Waals surface area (Å²) in [5, 5.41) is 12.0. The van der Waals surface area contributed by atoms with Gasteiger partial charge >= 0.3 is 21.4 Å².